The van der Waals surface area contributed by atoms with Gasteiger partial charge in [-0.15, -0.1) is 0 Å². The summed E-state index contributed by atoms with van der Waals surface area (Å²) >= 11 is 0. The van der Waals surface area contributed by atoms with Crippen LogP contribution in [-0.4, -0.2) is 59.2 Å². The fraction of sp³-hybridized carbons (Fsp3) is 0.467. The molecule has 6 nitrogen and oxygen atoms in total. The molecule has 0 bridgehead atoms. The van der Waals surface area contributed by atoms with E-state index in [9.17, 15) is 9.59 Å². The van der Waals surface area contributed by atoms with Crippen molar-refractivity contribution in [2.45, 2.75) is 53.4 Å². The first kappa shape index (κ1) is 24.4. The predicted octanol–water partition coefficient (Wildman–Crippen LogP) is 6.03. The SMILES string of the molecule is CCN(CC)C(=Nc1ccc2c(c1)C(=O)c1ccc(N=C(C3CC3)N(CC)CC)cc1C2=O)C1CC1. The number of rotatable bonds is 8. The van der Waals surface area contributed by atoms with E-state index in [1.165, 1.54) is 0 Å². The molecule has 0 saturated heterocycles. The molecule has 2 aromatic carbocycles. The molecule has 3 aliphatic rings. The summed E-state index contributed by atoms with van der Waals surface area (Å²) in [6.07, 6.45) is 4.64. The number of carbonyl (C=O) groups excluding carboxylic acids is 2. The van der Waals surface area contributed by atoms with Crippen molar-refractivity contribution in [3.8, 4) is 0 Å². The highest BCUT2D eigenvalue weighted by Gasteiger charge is 2.33. The Balaban J connectivity index is 1.48. The number of amidine groups is 2. The molecule has 0 aliphatic heterocycles. The zero-order chi connectivity index (χ0) is 25.4. The maximum absolute atomic E-state index is 13.5. The van der Waals surface area contributed by atoms with Crippen molar-refractivity contribution in [2.24, 2.45) is 21.8 Å². The van der Waals surface area contributed by atoms with E-state index in [2.05, 4.69) is 37.5 Å². The molecular formula is C30H36N4O2. The Bertz CT molecular complexity index is 1150. The van der Waals surface area contributed by atoms with Gasteiger partial charge in [-0.3, -0.25) is 9.59 Å². The molecule has 2 saturated carbocycles. The standard InChI is InChI=1S/C30H36N4O2/c1-5-33(6-2)29(19-9-10-19)31-21-13-15-23-25(17-21)27(35)24-16-14-22(18-26(24)28(23)36)32-30(20-11-12-20)34(7-3)8-4/h13-20H,5-12H2,1-4H3. The number of benzene rings is 2. The van der Waals surface area contributed by atoms with Gasteiger partial charge in [-0.05, 0) is 89.8 Å². The Morgan fingerprint density at radius 2 is 1.00 bits per heavy atom. The molecule has 3 aliphatic carbocycles. The van der Waals surface area contributed by atoms with Crippen LogP contribution in [0.1, 0.15) is 85.2 Å². The lowest BCUT2D eigenvalue weighted by Crippen LogP contribution is -2.32. The highest BCUT2D eigenvalue weighted by atomic mass is 16.1. The number of aliphatic imine (C=N–C) groups is 2. The smallest absolute Gasteiger partial charge is 0.194 e. The third-order valence-corrected chi connectivity index (χ3v) is 7.53. The molecule has 6 heteroatoms. The molecule has 2 aromatic rings. The lowest BCUT2D eigenvalue weighted by Gasteiger charge is -2.24. The average Bonchev–Trinajstić information content (AvgIpc) is 3.81. The second-order valence-electron chi connectivity index (χ2n) is 9.95. The largest absolute Gasteiger partial charge is 0.360 e. The van der Waals surface area contributed by atoms with Crippen molar-refractivity contribution < 1.29 is 9.59 Å². The van der Waals surface area contributed by atoms with E-state index in [4.69, 9.17) is 9.98 Å². The zero-order valence-corrected chi connectivity index (χ0v) is 21.9. The zero-order valence-electron chi connectivity index (χ0n) is 21.9. The first-order valence-corrected chi connectivity index (χ1v) is 13.5. The molecule has 2 fully saturated rings. The third-order valence-electron chi connectivity index (χ3n) is 7.53. The molecule has 0 amide bonds. The Labute approximate surface area is 214 Å². The lowest BCUT2D eigenvalue weighted by molar-refractivity contribution is 0.0979. The Kier molecular flexibility index (Phi) is 6.78. The van der Waals surface area contributed by atoms with Crippen molar-refractivity contribution in [3.05, 3.63) is 58.7 Å². The second-order valence-corrected chi connectivity index (χ2v) is 9.95. The lowest BCUT2D eigenvalue weighted by atomic mass is 9.83. The van der Waals surface area contributed by atoms with Gasteiger partial charge < -0.3 is 9.80 Å². The summed E-state index contributed by atoms with van der Waals surface area (Å²) in [7, 11) is 0. The van der Waals surface area contributed by atoms with Gasteiger partial charge in [-0.1, -0.05) is 0 Å². The van der Waals surface area contributed by atoms with E-state index in [0.717, 1.165) is 74.9 Å². The normalized spacial score (nSPS) is 17.7. The summed E-state index contributed by atoms with van der Waals surface area (Å²) < 4.78 is 0. The van der Waals surface area contributed by atoms with Gasteiger partial charge in [0.05, 0.1) is 11.4 Å². The fourth-order valence-electron chi connectivity index (χ4n) is 5.15. The molecule has 0 N–H and O–H groups in total. The number of carbonyl (C=O) groups is 2. The topological polar surface area (TPSA) is 65.3 Å². The third kappa shape index (κ3) is 4.61. The minimum Gasteiger partial charge on any atom is -0.360 e. The van der Waals surface area contributed by atoms with Crippen LogP contribution in [0.3, 0.4) is 0 Å². The molecule has 36 heavy (non-hydrogen) atoms. The van der Waals surface area contributed by atoms with Crippen LogP contribution in [0.2, 0.25) is 0 Å². The van der Waals surface area contributed by atoms with Crippen LogP contribution in [0.5, 0.6) is 0 Å². The molecule has 0 atom stereocenters. The highest BCUT2D eigenvalue weighted by molar-refractivity contribution is 6.28. The fourth-order valence-corrected chi connectivity index (χ4v) is 5.15. The number of hydrogen-bond donors (Lipinski definition) is 0. The summed E-state index contributed by atoms with van der Waals surface area (Å²) in [5.74, 6) is 2.95. The van der Waals surface area contributed by atoms with Crippen LogP contribution in [0, 0.1) is 11.8 Å². The summed E-state index contributed by atoms with van der Waals surface area (Å²) in [5, 5.41) is 0. The van der Waals surface area contributed by atoms with Crippen LogP contribution >= 0.6 is 0 Å². The van der Waals surface area contributed by atoms with Gasteiger partial charge in [-0.25, -0.2) is 9.98 Å². The molecule has 0 radical (unpaired) electrons. The van der Waals surface area contributed by atoms with Crippen LogP contribution in [0.25, 0.3) is 0 Å². The maximum atomic E-state index is 13.5. The summed E-state index contributed by atoms with van der Waals surface area (Å²) in [5.41, 5.74) is 3.27. The van der Waals surface area contributed by atoms with Crippen molar-refractivity contribution in [1.29, 1.82) is 0 Å². The Morgan fingerprint density at radius 1 is 0.639 bits per heavy atom. The highest BCUT2D eigenvalue weighted by Crippen LogP contribution is 2.37. The minimum absolute atomic E-state index is 0.117. The van der Waals surface area contributed by atoms with Crippen molar-refractivity contribution in [2.75, 3.05) is 26.2 Å². The van der Waals surface area contributed by atoms with E-state index in [1.807, 2.05) is 12.1 Å². The van der Waals surface area contributed by atoms with Crippen molar-refractivity contribution in [3.63, 3.8) is 0 Å². The molecule has 5 rings (SSSR count). The Morgan fingerprint density at radius 3 is 1.31 bits per heavy atom. The van der Waals surface area contributed by atoms with Gasteiger partial charge in [-0.2, -0.15) is 0 Å². The summed E-state index contributed by atoms with van der Waals surface area (Å²) in [6, 6.07) is 10.9. The number of fused-ring (bicyclic) bond motifs is 2. The van der Waals surface area contributed by atoms with E-state index in [1.54, 1.807) is 24.3 Å². The molecule has 0 spiro atoms. The van der Waals surface area contributed by atoms with Crippen molar-refractivity contribution >= 4 is 34.6 Å². The molecule has 0 heterocycles. The van der Waals surface area contributed by atoms with Gasteiger partial charge in [0.1, 0.15) is 11.7 Å². The second kappa shape index (κ2) is 10.00. The number of ketones is 2. The summed E-state index contributed by atoms with van der Waals surface area (Å²) in [6.45, 7) is 12.2. The van der Waals surface area contributed by atoms with Crippen LogP contribution < -0.4 is 0 Å². The first-order chi connectivity index (χ1) is 17.5. The molecule has 0 unspecified atom stereocenters. The van der Waals surface area contributed by atoms with E-state index in [-0.39, 0.29) is 11.6 Å². The Hall–Kier alpha value is -3.28. The molecule has 0 aromatic heterocycles. The predicted molar refractivity (Wildman–Crippen MR) is 145 cm³/mol. The van der Waals surface area contributed by atoms with Crippen LogP contribution in [0.4, 0.5) is 11.4 Å². The van der Waals surface area contributed by atoms with Crippen LogP contribution in [-0.2, 0) is 0 Å². The average molecular weight is 485 g/mol. The van der Waals surface area contributed by atoms with E-state index >= 15 is 0 Å². The van der Waals surface area contributed by atoms with E-state index < -0.39 is 0 Å². The monoisotopic (exact) mass is 484 g/mol. The molecular weight excluding hydrogens is 448 g/mol. The minimum atomic E-state index is -0.117. The maximum Gasteiger partial charge on any atom is 0.194 e. The van der Waals surface area contributed by atoms with Gasteiger partial charge in [0, 0.05) is 60.3 Å². The summed E-state index contributed by atoms with van der Waals surface area (Å²) in [4.78, 5) is 41.4. The van der Waals surface area contributed by atoms with Gasteiger partial charge in [0.2, 0.25) is 0 Å². The van der Waals surface area contributed by atoms with Crippen LogP contribution in [0.15, 0.2) is 46.4 Å². The van der Waals surface area contributed by atoms with Gasteiger partial charge >= 0.3 is 0 Å². The van der Waals surface area contributed by atoms with Gasteiger partial charge in [0.25, 0.3) is 0 Å². The number of hydrogen-bond acceptors (Lipinski definition) is 4. The quantitative estimate of drug-likeness (QED) is 0.289. The first-order valence-electron chi connectivity index (χ1n) is 13.5. The number of nitrogens with zero attached hydrogens (tertiary/aromatic N) is 4. The van der Waals surface area contributed by atoms with Crippen molar-refractivity contribution in [1.82, 2.24) is 9.80 Å². The van der Waals surface area contributed by atoms with E-state index in [0.29, 0.717) is 34.1 Å². The molecule has 188 valence electrons. The van der Waals surface area contributed by atoms with Gasteiger partial charge in [0.15, 0.2) is 11.6 Å².